The monoisotopic (exact) mass is 307 g/mol. The van der Waals surface area contributed by atoms with Crippen molar-refractivity contribution in [3.63, 3.8) is 0 Å². The second kappa shape index (κ2) is 7.82. The van der Waals surface area contributed by atoms with Gasteiger partial charge in [0.05, 0.1) is 4.90 Å². The maximum atomic E-state index is 13.0. The van der Waals surface area contributed by atoms with Crippen LogP contribution in [0.2, 0.25) is 0 Å². The zero-order valence-corrected chi connectivity index (χ0v) is 12.5. The van der Waals surface area contributed by atoms with Gasteiger partial charge in [-0.2, -0.15) is 0 Å². The van der Waals surface area contributed by atoms with Gasteiger partial charge in [-0.3, -0.25) is 0 Å². The maximum absolute atomic E-state index is 13.0. The molecule has 0 saturated heterocycles. The Morgan fingerprint density at radius 3 is 2.68 bits per heavy atom. The zero-order valence-electron chi connectivity index (χ0n) is 10.9. The molecule has 0 bridgehead atoms. The molecule has 0 spiro atoms. The summed E-state index contributed by atoms with van der Waals surface area (Å²) >= 11 is 5.69. The Kier molecular flexibility index (Phi) is 6.75. The predicted molar refractivity (Wildman–Crippen MR) is 75.3 cm³/mol. The lowest BCUT2D eigenvalue weighted by Crippen LogP contribution is -2.29. The summed E-state index contributed by atoms with van der Waals surface area (Å²) in [5.74, 6) is 0.159. The molecule has 0 aliphatic carbocycles. The molecule has 0 aliphatic rings. The van der Waals surface area contributed by atoms with Crippen LogP contribution in [0.1, 0.15) is 26.2 Å². The van der Waals surface area contributed by atoms with Gasteiger partial charge in [0.2, 0.25) is 10.0 Å². The number of halogens is 2. The number of hydrogen-bond donors (Lipinski definition) is 1. The van der Waals surface area contributed by atoms with E-state index in [-0.39, 0.29) is 10.8 Å². The minimum Gasteiger partial charge on any atom is -0.211 e. The van der Waals surface area contributed by atoms with Crippen LogP contribution in [0.5, 0.6) is 0 Å². The largest absolute Gasteiger partial charge is 0.240 e. The van der Waals surface area contributed by atoms with Crippen molar-refractivity contribution in [3.8, 4) is 0 Å². The van der Waals surface area contributed by atoms with Crippen LogP contribution < -0.4 is 4.72 Å². The first-order valence-corrected chi connectivity index (χ1v) is 8.32. The first-order chi connectivity index (χ1) is 8.99. The van der Waals surface area contributed by atoms with Crippen molar-refractivity contribution >= 4 is 21.6 Å². The van der Waals surface area contributed by atoms with E-state index in [1.54, 1.807) is 0 Å². The van der Waals surface area contributed by atoms with Gasteiger partial charge in [-0.1, -0.05) is 19.4 Å². The van der Waals surface area contributed by atoms with Crippen LogP contribution in [-0.4, -0.2) is 20.8 Å². The van der Waals surface area contributed by atoms with Gasteiger partial charge in [-0.05, 0) is 37.0 Å². The van der Waals surface area contributed by atoms with Crippen molar-refractivity contribution in [1.82, 2.24) is 4.72 Å². The standard InChI is InChI=1S/C13H19ClFNO2S/c1-2-4-11(7-8-14)10-16-19(17,18)13-6-3-5-12(15)9-13/h3,5-6,9,11,16H,2,4,7-8,10H2,1H3. The fourth-order valence-electron chi connectivity index (χ4n) is 1.86. The van der Waals surface area contributed by atoms with Crippen molar-refractivity contribution in [2.45, 2.75) is 31.1 Å². The fourth-order valence-corrected chi connectivity index (χ4v) is 3.31. The Morgan fingerprint density at radius 1 is 1.37 bits per heavy atom. The van der Waals surface area contributed by atoms with Crippen molar-refractivity contribution in [3.05, 3.63) is 30.1 Å². The topological polar surface area (TPSA) is 46.2 Å². The molecule has 19 heavy (non-hydrogen) atoms. The van der Waals surface area contributed by atoms with Gasteiger partial charge in [-0.25, -0.2) is 17.5 Å². The Balaban J connectivity index is 2.69. The third-order valence-corrected chi connectivity index (χ3v) is 4.52. The van der Waals surface area contributed by atoms with Crippen molar-refractivity contribution < 1.29 is 12.8 Å². The van der Waals surface area contributed by atoms with E-state index < -0.39 is 15.8 Å². The SMILES string of the molecule is CCCC(CCCl)CNS(=O)(=O)c1cccc(F)c1. The minimum absolute atomic E-state index is 0.0476. The molecular formula is C13H19ClFNO2S. The summed E-state index contributed by atoms with van der Waals surface area (Å²) in [6.45, 7) is 2.38. The van der Waals surface area contributed by atoms with Gasteiger partial charge < -0.3 is 0 Å². The molecule has 3 nitrogen and oxygen atoms in total. The lowest BCUT2D eigenvalue weighted by Gasteiger charge is -2.15. The molecule has 0 fully saturated rings. The van der Waals surface area contributed by atoms with E-state index in [1.165, 1.54) is 18.2 Å². The summed E-state index contributed by atoms with van der Waals surface area (Å²) in [6.07, 6.45) is 2.66. The van der Waals surface area contributed by atoms with Crippen LogP contribution in [0, 0.1) is 11.7 Å². The van der Waals surface area contributed by atoms with Crippen LogP contribution in [0.4, 0.5) is 4.39 Å². The summed E-state index contributed by atoms with van der Waals surface area (Å²) in [6, 6.07) is 4.99. The summed E-state index contributed by atoms with van der Waals surface area (Å²) < 4.78 is 39.5. The summed E-state index contributed by atoms with van der Waals surface area (Å²) in [5.41, 5.74) is 0. The van der Waals surface area contributed by atoms with Crippen LogP contribution in [-0.2, 0) is 10.0 Å². The summed E-state index contributed by atoms with van der Waals surface area (Å²) in [5, 5.41) is 0. The smallest absolute Gasteiger partial charge is 0.211 e. The second-order valence-corrected chi connectivity index (χ2v) is 6.59. The Labute approximate surface area is 119 Å². The van der Waals surface area contributed by atoms with E-state index >= 15 is 0 Å². The fraction of sp³-hybridized carbons (Fsp3) is 0.538. The Bertz CT molecular complexity index is 487. The molecule has 0 heterocycles. The van der Waals surface area contributed by atoms with Gasteiger partial charge in [0.15, 0.2) is 0 Å². The molecule has 0 saturated carbocycles. The van der Waals surface area contributed by atoms with Crippen LogP contribution in [0.25, 0.3) is 0 Å². The zero-order chi connectivity index (χ0) is 14.3. The molecule has 0 aromatic heterocycles. The third-order valence-electron chi connectivity index (χ3n) is 2.88. The Hall–Kier alpha value is -0.650. The molecule has 1 N–H and O–H groups in total. The molecule has 108 valence electrons. The molecule has 1 rings (SSSR count). The van der Waals surface area contributed by atoms with E-state index in [1.807, 2.05) is 6.92 Å². The van der Waals surface area contributed by atoms with Crippen LogP contribution in [0.3, 0.4) is 0 Å². The highest BCUT2D eigenvalue weighted by Crippen LogP contribution is 2.14. The molecule has 0 amide bonds. The summed E-state index contributed by atoms with van der Waals surface area (Å²) in [7, 11) is -3.65. The average Bonchev–Trinajstić information content (AvgIpc) is 2.37. The number of nitrogens with one attached hydrogen (secondary N) is 1. The van der Waals surface area contributed by atoms with Crippen molar-refractivity contribution in [2.24, 2.45) is 5.92 Å². The normalized spacial score (nSPS) is 13.4. The van der Waals surface area contributed by atoms with Crippen LogP contribution >= 0.6 is 11.6 Å². The molecular weight excluding hydrogens is 289 g/mol. The Morgan fingerprint density at radius 2 is 2.11 bits per heavy atom. The quantitative estimate of drug-likeness (QED) is 0.750. The first-order valence-electron chi connectivity index (χ1n) is 6.30. The van der Waals surface area contributed by atoms with Gasteiger partial charge in [0.1, 0.15) is 5.82 Å². The first kappa shape index (κ1) is 16.4. The van der Waals surface area contributed by atoms with E-state index in [0.29, 0.717) is 12.4 Å². The number of hydrogen-bond acceptors (Lipinski definition) is 2. The van der Waals surface area contributed by atoms with Crippen LogP contribution in [0.15, 0.2) is 29.2 Å². The molecule has 1 atom stereocenters. The molecule has 1 aromatic rings. The summed E-state index contributed by atoms with van der Waals surface area (Å²) in [4.78, 5) is -0.0476. The maximum Gasteiger partial charge on any atom is 0.240 e. The van der Waals surface area contributed by atoms with Gasteiger partial charge in [0.25, 0.3) is 0 Å². The molecule has 0 aliphatic heterocycles. The highest BCUT2D eigenvalue weighted by Gasteiger charge is 2.16. The average molecular weight is 308 g/mol. The highest BCUT2D eigenvalue weighted by atomic mass is 35.5. The number of rotatable bonds is 8. The number of alkyl halides is 1. The second-order valence-electron chi connectivity index (χ2n) is 4.44. The number of benzene rings is 1. The lowest BCUT2D eigenvalue weighted by atomic mass is 10.0. The van der Waals surface area contributed by atoms with E-state index in [4.69, 9.17) is 11.6 Å². The van der Waals surface area contributed by atoms with Gasteiger partial charge in [-0.15, -0.1) is 11.6 Å². The molecule has 0 radical (unpaired) electrons. The predicted octanol–water partition coefficient (Wildman–Crippen LogP) is 3.15. The van der Waals surface area contributed by atoms with Gasteiger partial charge >= 0.3 is 0 Å². The molecule has 1 aromatic carbocycles. The van der Waals surface area contributed by atoms with Crippen molar-refractivity contribution in [1.29, 1.82) is 0 Å². The van der Waals surface area contributed by atoms with E-state index in [2.05, 4.69) is 4.72 Å². The van der Waals surface area contributed by atoms with Crippen molar-refractivity contribution in [2.75, 3.05) is 12.4 Å². The lowest BCUT2D eigenvalue weighted by molar-refractivity contribution is 0.457. The number of sulfonamides is 1. The molecule has 1 unspecified atom stereocenters. The minimum atomic E-state index is -3.65. The van der Waals surface area contributed by atoms with Gasteiger partial charge in [0, 0.05) is 12.4 Å². The molecule has 6 heteroatoms. The van der Waals surface area contributed by atoms with E-state index in [9.17, 15) is 12.8 Å². The highest BCUT2D eigenvalue weighted by molar-refractivity contribution is 7.89. The third kappa shape index (κ3) is 5.47. The van der Waals surface area contributed by atoms with E-state index in [0.717, 1.165) is 25.3 Å².